The van der Waals surface area contributed by atoms with Crippen molar-refractivity contribution in [3.8, 4) is 0 Å². The zero-order valence-corrected chi connectivity index (χ0v) is 15.6. The van der Waals surface area contributed by atoms with E-state index in [1.54, 1.807) is 36.4 Å². The van der Waals surface area contributed by atoms with E-state index >= 15 is 0 Å². The molecular weight excluding hydrogens is 350 g/mol. The average molecular weight is 371 g/mol. The summed E-state index contributed by atoms with van der Waals surface area (Å²) >= 11 is 1.43. The first-order chi connectivity index (χ1) is 12.3. The van der Waals surface area contributed by atoms with Crippen LogP contribution in [0.25, 0.3) is 0 Å². The first-order valence-corrected chi connectivity index (χ1v) is 8.94. The van der Waals surface area contributed by atoms with E-state index in [4.69, 9.17) is 0 Å². The molecule has 0 heterocycles. The van der Waals surface area contributed by atoms with Crippen molar-refractivity contribution in [2.45, 2.75) is 30.9 Å². The molecule has 0 saturated carbocycles. The first-order valence-electron chi connectivity index (χ1n) is 8.06. The third kappa shape index (κ3) is 6.25. The highest BCUT2D eigenvalue weighted by Gasteiger charge is 2.14. The van der Waals surface area contributed by atoms with E-state index in [0.29, 0.717) is 11.4 Å². The second kappa shape index (κ2) is 9.05. The number of amides is 3. The molecule has 3 amide bonds. The molecule has 2 aromatic rings. The Balaban J connectivity index is 1.90. The summed E-state index contributed by atoms with van der Waals surface area (Å²) in [7, 11) is 0. The van der Waals surface area contributed by atoms with Crippen LogP contribution in [0.15, 0.2) is 53.4 Å². The van der Waals surface area contributed by atoms with E-state index < -0.39 is 0 Å². The largest absolute Gasteiger partial charge is 0.326 e. The smallest absolute Gasteiger partial charge is 0.237 e. The quantitative estimate of drug-likeness (QED) is 0.675. The van der Waals surface area contributed by atoms with Crippen LogP contribution in [0, 0.1) is 0 Å². The van der Waals surface area contributed by atoms with Crippen LogP contribution in [0.1, 0.15) is 20.8 Å². The Hall–Kier alpha value is -2.80. The minimum Gasteiger partial charge on any atom is -0.326 e. The van der Waals surface area contributed by atoms with Gasteiger partial charge in [-0.15, -0.1) is 11.8 Å². The molecule has 2 aromatic carbocycles. The van der Waals surface area contributed by atoms with Gasteiger partial charge in [0.05, 0.1) is 5.25 Å². The minimum absolute atomic E-state index is 0.117. The number of thioether (sulfide) groups is 1. The van der Waals surface area contributed by atoms with Crippen LogP contribution in [0.3, 0.4) is 0 Å². The van der Waals surface area contributed by atoms with Gasteiger partial charge >= 0.3 is 0 Å². The van der Waals surface area contributed by atoms with Gasteiger partial charge < -0.3 is 16.0 Å². The van der Waals surface area contributed by atoms with Gasteiger partial charge in [-0.25, -0.2) is 0 Å². The molecule has 2 rings (SSSR count). The second-order valence-corrected chi connectivity index (χ2v) is 7.13. The number of hydrogen-bond donors (Lipinski definition) is 3. The Morgan fingerprint density at radius 2 is 1.12 bits per heavy atom. The lowest BCUT2D eigenvalue weighted by Crippen LogP contribution is -2.22. The Kier molecular flexibility index (Phi) is 6.80. The molecule has 26 heavy (non-hydrogen) atoms. The molecule has 0 saturated heterocycles. The number of benzene rings is 2. The van der Waals surface area contributed by atoms with Crippen LogP contribution in [-0.2, 0) is 14.4 Å². The van der Waals surface area contributed by atoms with E-state index in [2.05, 4.69) is 16.0 Å². The third-order valence-corrected chi connectivity index (χ3v) is 4.44. The van der Waals surface area contributed by atoms with Gasteiger partial charge in [-0.2, -0.15) is 0 Å². The zero-order chi connectivity index (χ0) is 19.1. The van der Waals surface area contributed by atoms with Gasteiger partial charge in [0.2, 0.25) is 17.7 Å². The van der Waals surface area contributed by atoms with Crippen molar-refractivity contribution >= 4 is 46.5 Å². The Morgan fingerprint density at radius 1 is 0.731 bits per heavy atom. The highest BCUT2D eigenvalue weighted by molar-refractivity contribution is 8.00. The van der Waals surface area contributed by atoms with Crippen LogP contribution in [0.4, 0.5) is 17.1 Å². The molecule has 7 heteroatoms. The van der Waals surface area contributed by atoms with E-state index in [1.165, 1.54) is 25.6 Å². The summed E-state index contributed by atoms with van der Waals surface area (Å²) in [5.41, 5.74) is 2.06. The third-order valence-electron chi connectivity index (χ3n) is 3.33. The number of anilines is 3. The molecule has 0 spiro atoms. The first kappa shape index (κ1) is 19.5. The Bertz CT molecular complexity index is 789. The standard InChI is InChI=1S/C19H21N3O3S/c1-12(26-18-10-8-16(9-11-18)21-14(3)24)19(25)22-17-6-4-15(5-7-17)20-13(2)23/h4-12H,1-3H3,(H,20,23)(H,21,24)(H,22,25)/t12-/m0/s1. The van der Waals surface area contributed by atoms with Crippen molar-refractivity contribution in [3.05, 3.63) is 48.5 Å². The average Bonchev–Trinajstić information content (AvgIpc) is 2.57. The summed E-state index contributed by atoms with van der Waals surface area (Å²) < 4.78 is 0. The van der Waals surface area contributed by atoms with Crippen molar-refractivity contribution in [1.82, 2.24) is 0 Å². The lowest BCUT2D eigenvalue weighted by molar-refractivity contribution is -0.116. The summed E-state index contributed by atoms with van der Waals surface area (Å²) in [6.45, 7) is 4.72. The maximum atomic E-state index is 12.3. The molecule has 1 atom stereocenters. The van der Waals surface area contributed by atoms with E-state index in [1.807, 2.05) is 19.1 Å². The van der Waals surface area contributed by atoms with E-state index in [0.717, 1.165) is 10.6 Å². The van der Waals surface area contributed by atoms with Gasteiger partial charge in [0.1, 0.15) is 0 Å². The highest BCUT2D eigenvalue weighted by Crippen LogP contribution is 2.26. The van der Waals surface area contributed by atoms with Crippen molar-refractivity contribution in [1.29, 1.82) is 0 Å². The van der Waals surface area contributed by atoms with Gasteiger partial charge in [-0.3, -0.25) is 14.4 Å². The van der Waals surface area contributed by atoms with Crippen LogP contribution in [0.2, 0.25) is 0 Å². The van der Waals surface area contributed by atoms with Crippen molar-refractivity contribution < 1.29 is 14.4 Å². The van der Waals surface area contributed by atoms with Gasteiger partial charge in [0.25, 0.3) is 0 Å². The number of carbonyl (C=O) groups is 3. The summed E-state index contributed by atoms with van der Waals surface area (Å²) in [6, 6.07) is 14.3. The molecular formula is C19H21N3O3S. The molecule has 0 aromatic heterocycles. The number of hydrogen-bond acceptors (Lipinski definition) is 4. The zero-order valence-electron chi connectivity index (χ0n) is 14.8. The van der Waals surface area contributed by atoms with Gasteiger partial charge in [0, 0.05) is 35.8 Å². The van der Waals surface area contributed by atoms with Crippen LogP contribution in [0.5, 0.6) is 0 Å². The summed E-state index contributed by atoms with van der Waals surface area (Å²) in [5, 5.41) is 7.93. The van der Waals surface area contributed by atoms with Crippen molar-refractivity contribution in [3.63, 3.8) is 0 Å². The molecule has 0 unspecified atom stereocenters. The van der Waals surface area contributed by atoms with Crippen LogP contribution < -0.4 is 16.0 Å². The molecule has 3 N–H and O–H groups in total. The highest BCUT2D eigenvalue weighted by atomic mass is 32.2. The van der Waals surface area contributed by atoms with Crippen molar-refractivity contribution in [2.75, 3.05) is 16.0 Å². The molecule has 0 aliphatic rings. The number of nitrogens with one attached hydrogen (secondary N) is 3. The lowest BCUT2D eigenvalue weighted by Gasteiger charge is -2.13. The maximum Gasteiger partial charge on any atom is 0.237 e. The van der Waals surface area contributed by atoms with Crippen LogP contribution in [-0.4, -0.2) is 23.0 Å². The molecule has 0 aliphatic heterocycles. The predicted octanol–water partition coefficient (Wildman–Crippen LogP) is 3.72. The van der Waals surface area contributed by atoms with E-state index in [9.17, 15) is 14.4 Å². The summed E-state index contributed by atoms with van der Waals surface area (Å²) in [6.07, 6.45) is 0. The second-order valence-electron chi connectivity index (χ2n) is 5.71. The normalized spacial score (nSPS) is 11.3. The fourth-order valence-corrected chi connectivity index (χ4v) is 3.03. The SMILES string of the molecule is CC(=O)Nc1ccc(NC(=O)[C@H](C)Sc2ccc(NC(C)=O)cc2)cc1. The fraction of sp³-hybridized carbons (Fsp3) is 0.211. The van der Waals surface area contributed by atoms with Gasteiger partial charge in [0.15, 0.2) is 0 Å². The van der Waals surface area contributed by atoms with Crippen LogP contribution >= 0.6 is 11.8 Å². The number of carbonyl (C=O) groups excluding carboxylic acids is 3. The fourth-order valence-electron chi connectivity index (χ4n) is 2.16. The Morgan fingerprint density at radius 3 is 1.54 bits per heavy atom. The predicted molar refractivity (Wildman–Crippen MR) is 105 cm³/mol. The number of rotatable bonds is 6. The molecule has 0 radical (unpaired) electrons. The summed E-state index contributed by atoms with van der Waals surface area (Å²) in [5.74, 6) is -0.382. The topological polar surface area (TPSA) is 87.3 Å². The monoisotopic (exact) mass is 371 g/mol. The summed E-state index contributed by atoms with van der Waals surface area (Å²) in [4.78, 5) is 35.3. The Labute approximate surface area is 156 Å². The van der Waals surface area contributed by atoms with Gasteiger partial charge in [-0.05, 0) is 55.5 Å². The molecule has 0 bridgehead atoms. The molecule has 0 aliphatic carbocycles. The molecule has 136 valence electrons. The van der Waals surface area contributed by atoms with E-state index in [-0.39, 0.29) is 23.0 Å². The maximum absolute atomic E-state index is 12.3. The molecule has 0 fully saturated rings. The van der Waals surface area contributed by atoms with Gasteiger partial charge in [-0.1, -0.05) is 0 Å². The minimum atomic E-state index is -0.295. The lowest BCUT2D eigenvalue weighted by atomic mass is 10.2. The van der Waals surface area contributed by atoms with Crippen molar-refractivity contribution in [2.24, 2.45) is 0 Å². The molecule has 6 nitrogen and oxygen atoms in total.